The van der Waals surface area contributed by atoms with Crippen LogP contribution < -0.4 is 10.6 Å². The van der Waals surface area contributed by atoms with Gasteiger partial charge in [-0.2, -0.15) is 5.10 Å². The molecule has 0 aliphatic carbocycles. The van der Waals surface area contributed by atoms with E-state index in [9.17, 15) is 9.59 Å². The van der Waals surface area contributed by atoms with E-state index in [0.29, 0.717) is 17.8 Å². The van der Waals surface area contributed by atoms with Crippen molar-refractivity contribution in [3.05, 3.63) is 42.0 Å². The lowest BCUT2D eigenvalue weighted by Crippen LogP contribution is -2.24. The van der Waals surface area contributed by atoms with Crippen LogP contribution in [0.15, 0.2) is 30.6 Å². The van der Waals surface area contributed by atoms with Gasteiger partial charge >= 0.3 is 0 Å². The molecule has 1 aromatic carbocycles. The lowest BCUT2D eigenvalue weighted by molar-refractivity contribution is 0.0952. The third kappa shape index (κ3) is 3.41. The molecule has 1 aromatic heterocycles. The van der Waals surface area contributed by atoms with Gasteiger partial charge in [0, 0.05) is 17.8 Å². The maximum atomic E-state index is 11.8. The summed E-state index contributed by atoms with van der Waals surface area (Å²) in [6.45, 7) is 2.60. The average molecular weight is 273 g/mol. The summed E-state index contributed by atoms with van der Waals surface area (Å²) in [4.78, 5) is 27.4. The van der Waals surface area contributed by atoms with Crippen molar-refractivity contribution in [3.63, 3.8) is 0 Å². The van der Waals surface area contributed by atoms with Crippen molar-refractivity contribution in [3.8, 4) is 0 Å². The molecule has 1 heterocycles. The first-order chi connectivity index (χ1) is 9.70. The monoisotopic (exact) mass is 273 g/mol. The Bertz CT molecular complexity index is 595. The van der Waals surface area contributed by atoms with Crippen LogP contribution >= 0.6 is 0 Å². The van der Waals surface area contributed by atoms with Crippen molar-refractivity contribution in [2.75, 3.05) is 11.9 Å². The van der Waals surface area contributed by atoms with Gasteiger partial charge in [0.05, 0.1) is 0 Å². The lowest BCUT2D eigenvalue weighted by Gasteiger charge is -2.06. The minimum absolute atomic E-state index is 0.117. The number of aromatic nitrogens is 3. The Morgan fingerprint density at radius 3 is 2.85 bits per heavy atom. The van der Waals surface area contributed by atoms with Gasteiger partial charge in [0.25, 0.3) is 11.8 Å². The lowest BCUT2D eigenvalue weighted by atomic mass is 10.2. The second kappa shape index (κ2) is 6.46. The molecular weight excluding hydrogens is 258 g/mol. The molecular formula is C13H15N5O2. The van der Waals surface area contributed by atoms with E-state index in [-0.39, 0.29) is 11.7 Å². The maximum Gasteiger partial charge on any atom is 0.292 e. The van der Waals surface area contributed by atoms with Gasteiger partial charge in [-0.1, -0.05) is 13.0 Å². The van der Waals surface area contributed by atoms with Crippen LogP contribution in [0.5, 0.6) is 0 Å². The highest BCUT2D eigenvalue weighted by molar-refractivity contribution is 6.02. The van der Waals surface area contributed by atoms with E-state index in [0.717, 1.165) is 6.42 Å². The number of rotatable bonds is 5. The quantitative estimate of drug-likeness (QED) is 0.762. The summed E-state index contributed by atoms with van der Waals surface area (Å²) >= 11 is 0. The van der Waals surface area contributed by atoms with E-state index in [2.05, 4.69) is 25.8 Å². The minimum atomic E-state index is -0.409. The fourth-order valence-corrected chi connectivity index (χ4v) is 1.58. The Hall–Kier alpha value is -2.70. The largest absolute Gasteiger partial charge is 0.352 e. The molecule has 0 atom stereocenters. The van der Waals surface area contributed by atoms with Crippen LogP contribution in [0.1, 0.15) is 34.3 Å². The third-order valence-electron chi connectivity index (χ3n) is 2.55. The predicted molar refractivity (Wildman–Crippen MR) is 73.4 cm³/mol. The molecule has 2 aromatic rings. The van der Waals surface area contributed by atoms with E-state index in [1.165, 1.54) is 6.33 Å². The summed E-state index contributed by atoms with van der Waals surface area (Å²) < 4.78 is 0. The number of carbonyl (C=O) groups excluding carboxylic acids is 2. The van der Waals surface area contributed by atoms with Crippen molar-refractivity contribution in [1.82, 2.24) is 20.5 Å². The van der Waals surface area contributed by atoms with Crippen LogP contribution in [0, 0.1) is 0 Å². The average Bonchev–Trinajstić information content (AvgIpc) is 2.99. The van der Waals surface area contributed by atoms with Crippen LogP contribution in [-0.4, -0.2) is 33.5 Å². The molecule has 0 saturated carbocycles. The number of nitrogens with zero attached hydrogens (tertiary/aromatic N) is 2. The van der Waals surface area contributed by atoms with Gasteiger partial charge in [-0.15, -0.1) is 0 Å². The molecule has 7 heteroatoms. The molecule has 3 N–H and O–H groups in total. The molecule has 20 heavy (non-hydrogen) atoms. The van der Waals surface area contributed by atoms with Gasteiger partial charge < -0.3 is 10.6 Å². The zero-order valence-electron chi connectivity index (χ0n) is 11.0. The third-order valence-corrected chi connectivity index (χ3v) is 2.55. The van der Waals surface area contributed by atoms with Crippen molar-refractivity contribution >= 4 is 17.5 Å². The number of benzene rings is 1. The Labute approximate surface area is 115 Å². The van der Waals surface area contributed by atoms with Crippen molar-refractivity contribution in [2.24, 2.45) is 0 Å². The number of amides is 2. The number of hydrogen-bond donors (Lipinski definition) is 3. The molecule has 2 rings (SSSR count). The van der Waals surface area contributed by atoms with Gasteiger partial charge in [-0.3, -0.25) is 14.7 Å². The zero-order valence-corrected chi connectivity index (χ0v) is 11.0. The summed E-state index contributed by atoms with van der Waals surface area (Å²) in [6.07, 6.45) is 2.12. The van der Waals surface area contributed by atoms with Crippen molar-refractivity contribution < 1.29 is 9.59 Å². The van der Waals surface area contributed by atoms with E-state index < -0.39 is 5.91 Å². The highest BCUT2D eigenvalue weighted by atomic mass is 16.2. The standard InChI is InChI=1S/C13H15N5O2/c1-2-6-14-12(19)9-4-3-5-10(7-9)17-13(20)11-15-8-16-18-11/h3-5,7-8H,2,6H2,1H3,(H,14,19)(H,17,20)(H,15,16,18). The van der Waals surface area contributed by atoms with Crippen molar-refractivity contribution in [2.45, 2.75) is 13.3 Å². The van der Waals surface area contributed by atoms with E-state index >= 15 is 0 Å². The molecule has 0 radical (unpaired) electrons. The van der Waals surface area contributed by atoms with Gasteiger partial charge in [-0.25, -0.2) is 4.98 Å². The number of nitrogens with one attached hydrogen (secondary N) is 3. The minimum Gasteiger partial charge on any atom is -0.352 e. The molecule has 7 nitrogen and oxygen atoms in total. The SMILES string of the molecule is CCCNC(=O)c1cccc(NC(=O)c2ncn[nH]2)c1. The molecule has 2 amide bonds. The first kappa shape index (κ1) is 13.7. The Kier molecular flexibility index (Phi) is 4.43. The normalized spacial score (nSPS) is 10.1. The first-order valence-electron chi connectivity index (χ1n) is 6.25. The second-order valence-electron chi connectivity index (χ2n) is 4.12. The van der Waals surface area contributed by atoms with E-state index in [1.54, 1.807) is 24.3 Å². The number of aromatic amines is 1. The van der Waals surface area contributed by atoms with Gasteiger partial charge in [-0.05, 0) is 24.6 Å². The van der Waals surface area contributed by atoms with Crippen LogP contribution in [0.25, 0.3) is 0 Å². The van der Waals surface area contributed by atoms with Crippen molar-refractivity contribution in [1.29, 1.82) is 0 Å². The second-order valence-corrected chi connectivity index (χ2v) is 4.12. The van der Waals surface area contributed by atoms with Crippen LogP contribution in [-0.2, 0) is 0 Å². The molecule has 104 valence electrons. The number of H-pyrrole nitrogens is 1. The molecule has 0 fully saturated rings. The molecule has 0 aliphatic heterocycles. The van der Waals surface area contributed by atoms with E-state index in [1.807, 2.05) is 6.92 Å². The van der Waals surface area contributed by atoms with Crippen LogP contribution in [0.4, 0.5) is 5.69 Å². The van der Waals surface area contributed by atoms with Gasteiger partial charge in [0.1, 0.15) is 6.33 Å². The zero-order chi connectivity index (χ0) is 14.4. The Balaban J connectivity index is 2.06. The predicted octanol–water partition coefficient (Wildman–Crippen LogP) is 1.20. The van der Waals surface area contributed by atoms with Crippen LogP contribution in [0.3, 0.4) is 0 Å². The van der Waals surface area contributed by atoms with E-state index in [4.69, 9.17) is 0 Å². The summed E-state index contributed by atoms with van der Waals surface area (Å²) in [6, 6.07) is 6.70. The smallest absolute Gasteiger partial charge is 0.292 e. The summed E-state index contributed by atoms with van der Waals surface area (Å²) in [7, 11) is 0. The Morgan fingerprint density at radius 2 is 2.15 bits per heavy atom. The fraction of sp³-hybridized carbons (Fsp3) is 0.231. The molecule has 0 saturated heterocycles. The number of anilines is 1. The summed E-state index contributed by atoms with van der Waals surface area (Å²) in [5, 5.41) is 11.5. The van der Waals surface area contributed by atoms with Gasteiger partial charge in [0.15, 0.2) is 0 Å². The molecule has 0 unspecified atom stereocenters. The van der Waals surface area contributed by atoms with Gasteiger partial charge in [0.2, 0.25) is 5.82 Å². The summed E-state index contributed by atoms with van der Waals surface area (Å²) in [5.74, 6) is -0.456. The summed E-state index contributed by atoms with van der Waals surface area (Å²) in [5.41, 5.74) is 1.02. The first-order valence-corrected chi connectivity index (χ1v) is 6.25. The molecule has 0 spiro atoms. The highest BCUT2D eigenvalue weighted by Crippen LogP contribution is 2.11. The highest BCUT2D eigenvalue weighted by Gasteiger charge is 2.10. The molecule has 0 bridgehead atoms. The maximum absolute atomic E-state index is 11.8. The Morgan fingerprint density at radius 1 is 1.30 bits per heavy atom. The molecule has 0 aliphatic rings. The fourth-order valence-electron chi connectivity index (χ4n) is 1.58. The number of carbonyl (C=O) groups is 2. The topological polar surface area (TPSA) is 99.8 Å². The number of hydrogen-bond acceptors (Lipinski definition) is 4. The van der Waals surface area contributed by atoms with Crippen LogP contribution in [0.2, 0.25) is 0 Å².